The van der Waals surface area contributed by atoms with Gasteiger partial charge in [0.15, 0.2) is 17.0 Å². The second-order valence-electron chi connectivity index (χ2n) is 10.1. The Balaban J connectivity index is 1.55. The van der Waals surface area contributed by atoms with Crippen LogP contribution in [0.2, 0.25) is 0 Å². The Kier molecular flexibility index (Phi) is 7.12. The van der Waals surface area contributed by atoms with E-state index in [0.29, 0.717) is 42.0 Å². The smallest absolute Gasteiger partial charge is 0.233 e. The number of nitrogens with one attached hydrogen (secondary N) is 2. The molecule has 0 unspecified atom stereocenters. The third-order valence-corrected chi connectivity index (χ3v) is 6.09. The zero-order valence-electron chi connectivity index (χ0n) is 21.8. The van der Waals surface area contributed by atoms with Crippen LogP contribution in [0.1, 0.15) is 38.3 Å². The van der Waals surface area contributed by atoms with Gasteiger partial charge in [0.1, 0.15) is 0 Å². The standard InChI is InChI=1S/C28H31N9O/c1-28(2,3)25(38)33-23-22-24(35-26(34-23)30-19-21-9-5-4-6-10-21)36(27(32-22)37-18-8-14-31-37)17-7-11-20-12-15-29-16-13-20/h4-6,8-10,12-16,18H,7,11,17,19H2,1-3H3,(H2,30,33,34,35,38). The molecule has 0 fully saturated rings. The van der Waals surface area contributed by atoms with Crippen LogP contribution in [-0.4, -0.2) is 40.2 Å². The van der Waals surface area contributed by atoms with Gasteiger partial charge in [0.2, 0.25) is 17.8 Å². The van der Waals surface area contributed by atoms with Gasteiger partial charge in [0, 0.05) is 43.3 Å². The summed E-state index contributed by atoms with van der Waals surface area (Å²) in [6.45, 7) is 6.78. The number of amides is 1. The molecule has 5 rings (SSSR count). The molecule has 0 bridgehead atoms. The Labute approximate surface area is 221 Å². The largest absolute Gasteiger partial charge is 0.350 e. The summed E-state index contributed by atoms with van der Waals surface area (Å²) in [7, 11) is 0. The van der Waals surface area contributed by atoms with Gasteiger partial charge >= 0.3 is 0 Å². The highest BCUT2D eigenvalue weighted by molar-refractivity contribution is 6.00. The maximum absolute atomic E-state index is 13.0. The molecular formula is C28H31N9O. The first-order chi connectivity index (χ1) is 18.4. The summed E-state index contributed by atoms with van der Waals surface area (Å²) < 4.78 is 3.74. The molecule has 5 aromatic rings. The highest BCUT2D eigenvalue weighted by atomic mass is 16.2. The number of benzene rings is 1. The first kappa shape index (κ1) is 25.1. The van der Waals surface area contributed by atoms with E-state index in [2.05, 4.69) is 25.7 Å². The average Bonchev–Trinajstić information content (AvgIpc) is 3.57. The molecule has 0 aliphatic carbocycles. The SMILES string of the molecule is CC(C)(C)C(=O)Nc1nc(NCc2ccccc2)nc2c1nc(-n1cccn1)n2CCCc1ccncc1. The third-order valence-electron chi connectivity index (χ3n) is 6.09. The van der Waals surface area contributed by atoms with Crippen LogP contribution in [0.3, 0.4) is 0 Å². The molecule has 10 heteroatoms. The van der Waals surface area contributed by atoms with Crippen LogP contribution in [0.25, 0.3) is 17.1 Å². The van der Waals surface area contributed by atoms with Crippen molar-refractivity contribution in [1.29, 1.82) is 0 Å². The summed E-state index contributed by atoms with van der Waals surface area (Å²) in [4.78, 5) is 31.5. The molecule has 4 aromatic heterocycles. The van der Waals surface area contributed by atoms with Gasteiger partial charge in [-0.2, -0.15) is 15.1 Å². The quantitative estimate of drug-likeness (QED) is 0.297. The first-order valence-electron chi connectivity index (χ1n) is 12.6. The lowest BCUT2D eigenvalue weighted by Crippen LogP contribution is -2.28. The van der Waals surface area contributed by atoms with Gasteiger partial charge in [0.05, 0.1) is 0 Å². The van der Waals surface area contributed by atoms with E-state index in [1.165, 1.54) is 5.56 Å². The van der Waals surface area contributed by atoms with Crippen molar-refractivity contribution in [2.75, 3.05) is 10.6 Å². The van der Waals surface area contributed by atoms with Crippen LogP contribution in [-0.2, 0) is 24.3 Å². The molecule has 2 N–H and O–H groups in total. The number of rotatable bonds is 9. The second-order valence-corrected chi connectivity index (χ2v) is 10.1. The number of carbonyl (C=O) groups is 1. The molecule has 194 valence electrons. The molecule has 0 spiro atoms. The number of fused-ring (bicyclic) bond motifs is 1. The Morgan fingerprint density at radius 2 is 1.71 bits per heavy atom. The van der Waals surface area contributed by atoms with Gasteiger partial charge in [-0.05, 0) is 42.2 Å². The van der Waals surface area contributed by atoms with Crippen molar-refractivity contribution < 1.29 is 4.79 Å². The Bertz CT molecular complexity index is 1510. The summed E-state index contributed by atoms with van der Waals surface area (Å²) in [6, 6.07) is 15.9. The van der Waals surface area contributed by atoms with Crippen molar-refractivity contribution in [3.8, 4) is 5.95 Å². The van der Waals surface area contributed by atoms with Crippen molar-refractivity contribution >= 4 is 28.8 Å². The zero-order chi connectivity index (χ0) is 26.5. The maximum Gasteiger partial charge on any atom is 0.233 e. The number of anilines is 2. The van der Waals surface area contributed by atoms with E-state index in [0.717, 1.165) is 18.4 Å². The van der Waals surface area contributed by atoms with E-state index in [9.17, 15) is 4.79 Å². The van der Waals surface area contributed by atoms with Gasteiger partial charge in [0.25, 0.3) is 0 Å². The summed E-state index contributed by atoms with van der Waals surface area (Å²) in [6.07, 6.45) is 8.89. The fourth-order valence-electron chi connectivity index (χ4n) is 3.99. The van der Waals surface area contributed by atoms with Crippen molar-refractivity contribution in [2.45, 2.75) is 46.7 Å². The molecule has 0 radical (unpaired) electrons. The molecule has 0 aliphatic heterocycles. The molecule has 38 heavy (non-hydrogen) atoms. The predicted octanol–water partition coefficient (Wildman–Crippen LogP) is 4.64. The topological polar surface area (TPSA) is 115 Å². The number of nitrogens with zero attached hydrogens (tertiary/aromatic N) is 7. The Morgan fingerprint density at radius 1 is 0.921 bits per heavy atom. The summed E-state index contributed by atoms with van der Waals surface area (Å²) in [5.74, 6) is 1.24. The van der Waals surface area contributed by atoms with Gasteiger partial charge in [-0.3, -0.25) is 14.3 Å². The van der Waals surface area contributed by atoms with Gasteiger partial charge in [-0.25, -0.2) is 9.67 Å². The van der Waals surface area contributed by atoms with Crippen LogP contribution >= 0.6 is 0 Å². The number of hydrogen-bond acceptors (Lipinski definition) is 7. The lowest BCUT2D eigenvalue weighted by atomic mass is 9.96. The molecule has 4 heterocycles. The Hall–Kier alpha value is -4.60. The van der Waals surface area contributed by atoms with Crippen molar-refractivity contribution in [2.24, 2.45) is 5.41 Å². The van der Waals surface area contributed by atoms with E-state index in [1.807, 2.05) is 80.1 Å². The minimum Gasteiger partial charge on any atom is -0.350 e. The highest BCUT2D eigenvalue weighted by Crippen LogP contribution is 2.27. The van der Waals surface area contributed by atoms with E-state index in [-0.39, 0.29) is 5.91 Å². The molecule has 1 amide bonds. The zero-order valence-corrected chi connectivity index (χ0v) is 21.8. The van der Waals surface area contributed by atoms with Crippen molar-refractivity contribution in [3.63, 3.8) is 0 Å². The summed E-state index contributed by atoms with van der Waals surface area (Å²) in [5, 5.41) is 10.7. The molecule has 1 aromatic carbocycles. The predicted molar refractivity (Wildman–Crippen MR) is 147 cm³/mol. The van der Waals surface area contributed by atoms with Crippen LogP contribution in [0.15, 0.2) is 73.3 Å². The van der Waals surface area contributed by atoms with Crippen LogP contribution in [0, 0.1) is 5.41 Å². The van der Waals surface area contributed by atoms with Gasteiger partial charge in [-0.1, -0.05) is 51.1 Å². The van der Waals surface area contributed by atoms with Crippen molar-refractivity contribution in [1.82, 2.24) is 34.3 Å². The van der Waals surface area contributed by atoms with Crippen LogP contribution in [0.5, 0.6) is 0 Å². The first-order valence-corrected chi connectivity index (χ1v) is 12.6. The van der Waals surface area contributed by atoms with E-state index < -0.39 is 5.41 Å². The number of carbonyl (C=O) groups excluding carboxylic acids is 1. The highest BCUT2D eigenvalue weighted by Gasteiger charge is 2.25. The third kappa shape index (κ3) is 5.69. The molecule has 0 atom stereocenters. The molecule has 0 aliphatic rings. The molecule has 10 nitrogen and oxygen atoms in total. The number of aryl methyl sites for hydroxylation is 2. The number of imidazole rings is 1. The fraction of sp³-hybridized carbons (Fsp3) is 0.286. The fourth-order valence-corrected chi connectivity index (χ4v) is 3.99. The van der Waals surface area contributed by atoms with E-state index in [4.69, 9.17) is 9.97 Å². The van der Waals surface area contributed by atoms with Gasteiger partial charge in [-0.15, -0.1) is 0 Å². The normalized spacial score (nSPS) is 11.6. The maximum atomic E-state index is 13.0. The lowest BCUT2D eigenvalue weighted by molar-refractivity contribution is -0.123. The second kappa shape index (κ2) is 10.8. The summed E-state index contributed by atoms with van der Waals surface area (Å²) >= 11 is 0. The van der Waals surface area contributed by atoms with Crippen molar-refractivity contribution in [3.05, 3.63) is 84.4 Å². The molecule has 0 saturated carbocycles. The number of aromatic nitrogens is 7. The summed E-state index contributed by atoms with van der Waals surface area (Å²) in [5.41, 5.74) is 2.84. The van der Waals surface area contributed by atoms with E-state index in [1.54, 1.807) is 23.3 Å². The lowest BCUT2D eigenvalue weighted by Gasteiger charge is -2.17. The van der Waals surface area contributed by atoms with Crippen LogP contribution < -0.4 is 10.6 Å². The minimum atomic E-state index is -0.604. The Morgan fingerprint density at radius 3 is 2.42 bits per heavy atom. The minimum absolute atomic E-state index is 0.153. The number of hydrogen-bond donors (Lipinski definition) is 2. The molecular weight excluding hydrogens is 478 g/mol. The molecule has 0 saturated heterocycles. The average molecular weight is 510 g/mol. The van der Waals surface area contributed by atoms with Crippen LogP contribution in [0.4, 0.5) is 11.8 Å². The van der Waals surface area contributed by atoms with Gasteiger partial charge < -0.3 is 10.6 Å². The van der Waals surface area contributed by atoms with E-state index >= 15 is 0 Å². The monoisotopic (exact) mass is 509 g/mol. The number of pyridine rings is 1.